The smallest absolute Gasteiger partial charge is 0.0957 e. The molecule has 5 heteroatoms. The minimum absolute atomic E-state index is 0. The van der Waals surface area contributed by atoms with Crippen LogP contribution in [-0.2, 0) is 11.2 Å². The van der Waals surface area contributed by atoms with Crippen LogP contribution < -0.4 is 5.32 Å². The lowest BCUT2D eigenvalue weighted by molar-refractivity contribution is 0.0443. The predicted octanol–water partition coefficient (Wildman–Crippen LogP) is 3.43. The molecule has 0 bridgehead atoms. The van der Waals surface area contributed by atoms with Crippen molar-refractivity contribution in [3.8, 4) is 11.1 Å². The first-order valence-corrected chi connectivity index (χ1v) is 6.68. The fraction of sp³-hybridized carbons (Fsp3) is 0.312. The van der Waals surface area contributed by atoms with Gasteiger partial charge in [-0.2, -0.15) is 0 Å². The number of halogens is 2. The lowest BCUT2D eigenvalue weighted by Gasteiger charge is -2.28. The van der Waals surface area contributed by atoms with Gasteiger partial charge in [-0.25, -0.2) is 0 Å². The Balaban J connectivity index is 0.00000110. The molecule has 1 aromatic carbocycles. The molecule has 21 heavy (non-hydrogen) atoms. The van der Waals surface area contributed by atoms with E-state index in [0.717, 1.165) is 25.1 Å². The molecule has 1 aliphatic rings. The van der Waals surface area contributed by atoms with Gasteiger partial charge >= 0.3 is 0 Å². The van der Waals surface area contributed by atoms with Crippen molar-refractivity contribution in [2.45, 2.75) is 12.5 Å². The Bertz CT molecular complexity index is 563. The SMILES string of the molecule is CNC[C@@H]1OCCc2cccc(-c3cccnc3)c21.Cl.Cl. The molecule has 1 atom stereocenters. The fourth-order valence-electron chi connectivity index (χ4n) is 2.73. The summed E-state index contributed by atoms with van der Waals surface area (Å²) in [6, 6.07) is 10.6. The number of nitrogens with one attached hydrogen (secondary N) is 1. The minimum atomic E-state index is 0. The van der Waals surface area contributed by atoms with E-state index in [4.69, 9.17) is 4.74 Å². The third kappa shape index (κ3) is 3.74. The lowest BCUT2D eigenvalue weighted by Crippen LogP contribution is -2.25. The number of hydrogen-bond donors (Lipinski definition) is 1. The summed E-state index contributed by atoms with van der Waals surface area (Å²) >= 11 is 0. The zero-order valence-electron chi connectivity index (χ0n) is 11.9. The van der Waals surface area contributed by atoms with Crippen LogP contribution in [0, 0.1) is 0 Å². The monoisotopic (exact) mass is 326 g/mol. The van der Waals surface area contributed by atoms with Gasteiger partial charge in [0.25, 0.3) is 0 Å². The molecule has 2 heterocycles. The molecule has 0 amide bonds. The average Bonchev–Trinajstić information content (AvgIpc) is 2.48. The van der Waals surface area contributed by atoms with E-state index in [9.17, 15) is 0 Å². The van der Waals surface area contributed by atoms with Crippen LogP contribution in [0.2, 0.25) is 0 Å². The zero-order chi connectivity index (χ0) is 13.1. The number of rotatable bonds is 3. The number of pyridine rings is 1. The summed E-state index contributed by atoms with van der Waals surface area (Å²) in [7, 11) is 1.96. The van der Waals surface area contributed by atoms with Gasteiger partial charge in [-0.3, -0.25) is 4.98 Å². The fourth-order valence-corrected chi connectivity index (χ4v) is 2.73. The van der Waals surface area contributed by atoms with E-state index in [1.807, 2.05) is 19.3 Å². The van der Waals surface area contributed by atoms with Crippen molar-refractivity contribution in [1.29, 1.82) is 0 Å². The van der Waals surface area contributed by atoms with Crippen LogP contribution in [0.15, 0.2) is 42.7 Å². The second kappa shape index (κ2) is 8.35. The molecule has 1 aliphatic heterocycles. The Morgan fingerprint density at radius 1 is 1.24 bits per heavy atom. The van der Waals surface area contributed by atoms with Crippen LogP contribution >= 0.6 is 24.8 Å². The van der Waals surface area contributed by atoms with Crippen molar-refractivity contribution in [2.75, 3.05) is 20.2 Å². The van der Waals surface area contributed by atoms with Crippen molar-refractivity contribution in [3.05, 3.63) is 53.9 Å². The Labute approximate surface area is 137 Å². The largest absolute Gasteiger partial charge is 0.372 e. The highest BCUT2D eigenvalue weighted by Gasteiger charge is 2.23. The molecule has 114 valence electrons. The van der Waals surface area contributed by atoms with Gasteiger partial charge in [0, 0.05) is 24.5 Å². The van der Waals surface area contributed by atoms with Gasteiger partial charge in [0.1, 0.15) is 0 Å². The molecule has 0 aliphatic carbocycles. The Morgan fingerprint density at radius 3 is 2.81 bits per heavy atom. The van der Waals surface area contributed by atoms with Gasteiger partial charge in [0.2, 0.25) is 0 Å². The summed E-state index contributed by atoms with van der Waals surface area (Å²) in [5.74, 6) is 0. The van der Waals surface area contributed by atoms with Gasteiger partial charge in [-0.05, 0) is 36.2 Å². The summed E-state index contributed by atoms with van der Waals surface area (Å²) < 4.78 is 5.92. The van der Waals surface area contributed by atoms with E-state index >= 15 is 0 Å². The molecular formula is C16H20Cl2N2O. The molecule has 1 N–H and O–H groups in total. The van der Waals surface area contributed by atoms with Crippen LogP contribution in [0.4, 0.5) is 0 Å². The molecule has 0 saturated heterocycles. The summed E-state index contributed by atoms with van der Waals surface area (Å²) in [5.41, 5.74) is 5.11. The first-order chi connectivity index (χ1) is 9.40. The minimum Gasteiger partial charge on any atom is -0.372 e. The Hall–Kier alpha value is -1.13. The van der Waals surface area contributed by atoms with Gasteiger partial charge < -0.3 is 10.1 Å². The molecule has 1 aromatic heterocycles. The third-order valence-electron chi connectivity index (χ3n) is 3.57. The number of hydrogen-bond acceptors (Lipinski definition) is 3. The van der Waals surface area contributed by atoms with Crippen molar-refractivity contribution in [1.82, 2.24) is 10.3 Å². The maximum Gasteiger partial charge on any atom is 0.0957 e. The van der Waals surface area contributed by atoms with E-state index in [-0.39, 0.29) is 30.9 Å². The van der Waals surface area contributed by atoms with Crippen LogP contribution in [0.5, 0.6) is 0 Å². The maximum atomic E-state index is 5.92. The zero-order valence-corrected chi connectivity index (χ0v) is 13.5. The van der Waals surface area contributed by atoms with E-state index in [2.05, 4.69) is 34.6 Å². The quantitative estimate of drug-likeness (QED) is 0.938. The number of fused-ring (bicyclic) bond motifs is 1. The van der Waals surface area contributed by atoms with Crippen LogP contribution in [0.3, 0.4) is 0 Å². The van der Waals surface area contributed by atoms with E-state index in [1.54, 1.807) is 6.20 Å². The van der Waals surface area contributed by atoms with Crippen LogP contribution in [0.25, 0.3) is 11.1 Å². The molecule has 0 fully saturated rings. The van der Waals surface area contributed by atoms with Gasteiger partial charge in [0.05, 0.1) is 12.7 Å². The summed E-state index contributed by atoms with van der Waals surface area (Å²) in [6.07, 6.45) is 4.84. The second-order valence-electron chi connectivity index (χ2n) is 4.79. The number of nitrogens with zero attached hydrogens (tertiary/aromatic N) is 1. The standard InChI is InChI=1S/C16H18N2O.2ClH/c1-17-11-15-16-12(7-9-19-15)4-2-6-14(16)13-5-3-8-18-10-13;;/h2-6,8,10,15,17H,7,9,11H2,1H3;2*1H/t15-;;/m0../s1. The van der Waals surface area contributed by atoms with Crippen molar-refractivity contribution in [3.63, 3.8) is 0 Å². The van der Waals surface area contributed by atoms with E-state index in [1.165, 1.54) is 16.7 Å². The highest BCUT2D eigenvalue weighted by Crippen LogP contribution is 2.35. The molecule has 0 saturated carbocycles. The van der Waals surface area contributed by atoms with Gasteiger partial charge in [-0.15, -0.1) is 24.8 Å². The Kier molecular flexibility index (Phi) is 7.12. The molecule has 0 radical (unpaired) electrons. The number of aromatic nitrogens is 1. The molecule has 0 unspecified atom stereocenters. The first-order valence-electron chi connectivity index (χ1n) is 6.68. The number of likely N-dealkylation sites (N-methyl/N-ethyl adjacent to an activating group) is 1. The van der Waals surface area contributed by atoms with E-state index in [0.29, 0.717) is 0 Å². The highest BCUT2D eigenvalue weighted by molar-refractivity contribution is 5.85. The Morgan fingerprint density at radius 2 is 2.10 bits per heavy atom. The van der Waals surface area contributed by atoms with Crippen LogP contribution in [-0.4, -0.2) is 25.2 Å². The van der Waals surface area contributed by atoms with Crippen LogP contribution in [0.1, 0.15) is 17.2 Å². The van der Waals surface area contributed by atoms with E-state index < -0.39 is 0 Å². The topological polar surface area (TPSA) is 34.1 Å². The highest BCUT2D eigenvalue weighted by atomic mass is 35.5. The second-order valence-corrected chi connectivity index (χ2v) is 4.79. The molecule has 2 aromatic rings. The summed E-state index contributed by atoms with van der Waals surface area (Å²) in [4.78, 5) is 4.22. The van der Waals surface area contributed by atoms with Gasteiger partial charge in [-0.1, -0.05) is 24.3 Å². The third-order valence-corrected chi connectivity index (χ3v) is 3.57. The molecule has 0 spiro atoms. The first kappa shape index (κ1) is 17.9. The van der Waals surface area contributed by atoms with Crippen molar-refractivity contribution >= 4 is 24.8 Å². The number of benzene rings is 1. The van der Waals surface area contributed by atoms with Crippen molar-refractivity contribution in [2.24, 2.45) is 0 Å². The average molecular weight is 327 g/mol. The summed E-state index contributed by atoms with van der Waals surface area (Å²) in [5, 5.41) is 3.22. The van der Waals surface area contributed by atoms with Gasteiger partial charge in [0.15, 0.2) is 0 Å². The molecule has 3 nitrogen and oxygen atoms in total. The number of ether oxygens (including phenoxy) is 1. The predicted molar refractivity (Wildman–Crippen MR) is 90.5 cm³/mol. The normalized spacial score (nSPS) is 16.3. The molecule has 3 rings (SSSR count). The van der Waals surface area contributed by atoms with Crippen molar-refractivity contribution < 1.29 is 4.74 Å². The molecular weight excluding hydrogens is 307 g/mol. The summed E-state index contributed by atoms with van der Waals surface area (Å²) in [6.45, 7) is 1.64. The lowest BCUT2D eigenvalue weighted by atomic mass is 9.89. The maximum absolute atomic E-state index is 5.92.